The molecule has 0 unspecified atom stereocenters. The SMILES string of the molecule is Cc1ccc(CCCc2ccc(-c3ccc4c5cc6c(cc5n(-c5ccccc5)c4c3)c3cc(-c4ccccc4)ccc3n6-c3ccc(-c4ccc(N(c5ccccc5)c5ccc(C)cc5)cc4)cc3)cc2)cc1. The highest BCUT2D eigenvalue weighted by Gasteiger charge is 2.20. The lowest BCUT2D eigenvalue weighted by Gasteiger charge is -2.25. The first kappa shape index (κ1) is 44.7. The lowest BCUT2D eigenvalue weighted by molar-refractivity contribution is 0.820. The number of para-hydroxylation sites is 2. The van der Waals surface area contributed by atoms with E-state index in [0.717, 1.165) is 47.7 Å². The molecule has 0 aliphatic rings. The van der Waals surface area contributed by atoms with Crippen LogP contribution in [0.5, 0.6) is 0 Å². The maximum atomic E-state index is 2.47. The summed E-state index contributed by atoms with van der Waals surface area (Å²) < 4.78 is 4.94. The highest BCUT2D eigenvalue weighted by molar-refractivity contribution is 6.19. The van der Waals surface area contributed by atoms with Crippen molar-refractivity contribution in [3.63, 3.8) is 0 Å². The Hall–Kier alpha value is -9.18. The molecule has 2 heterocycles. The van der Waals surface area contributed by atoms with Crippen molar-refractivity contribution in [3.8, 4) is 44.8 Å². The van der Waals surface area contributed by atoms with Crippen LogP contribution in [0.25, 0.3) is 88.4 Å². The molecule has 13 rings (SSSR count). The third-order valence-electron chi connectivity index (χ3n) is 15.0. The summed E-state index contributed by atoms with van der Waals surface area (Å²) in [5, 5.41) is 4.91. The van der Waals surface area contributed by atoms with E-state index in [1.54, 1.807) is 0 Å². The van der Waals surface area contributed by atoms with Gasteiger partial charge in [-0.1, -0.05) is 181 Å². The van der Waals surface area contributed by atoms with Crippen LogP contribution in [0.3, 0.4) is 0 Å². The molecule has 354 valence electrons. The normalized spacial score (nSPS) is 11.5. The van der Waals surface area contributed by atoms with Crippen molar-refractivity contribution < 1.29 is 0 Å². The van der Waals surface area contributed by atoms with Crippen molar-refractivity contribution >= 4 is 60.7 Å². The minimum atomic E-state index is 1.06. The Morgan fingerprint density at radius 2 is 0.676 bits per heavy atom. The van der Waals surface area contributed by atoms with E-state index < -0.39 is 0 Å². The molecular formula is C71H55N3. The quantitative estimate of drug-likeness (QED) is 0.119. The Labute approximate surface area is 433 Å². The Morgan fingerprint density at radius 3 is 1.31 bits per heavy atom. The number of fused-ring (bicyclic) bond motifs is 6. The molecule has 13 aromatic rings. The van der Waals surface area contributed by atoms with Crippen LogP contribution in [0.15, 0.2) is 261 Å². The maximum absolute atomic E-state index is 2.47. The molecular weight excluding hydrogens is 895 g/mol. The third-order valence-corrected chi connectivity index (χ3v) is 15.0. The number of rotatable bonds is 12. The van der Waals surface area contributed by atoms with Gasteiger partial charge in [-0.3, -0.25) is 0 Å². The van der Waals surface area contributed by atoms with Gasteiger partial charge in [-0.25, -0.2) is 0 Å². The molecule has 0 aliphatic heterocycles. The predicted octanol–water partition coefficient (Wildman–Crippen LogP) is 19.1. The summed E-state index contributed by atoms with van der Waals surface area (Å²) in [6.45, 7) is 4.28. The fraction of sp³-hybridized carbons (Fsp3) is 0.0704. The van der Waals surface area contributed by atoms with E-state index in [9.17, 15) is 0 Å². The summed E-state index contributed by atoms with van der Waals surface area (Å²) in [7, 11) is 0. The van der Waals surface area contributed by atoms with Crippen LogP contribution in [0.4, 0.5) is 17.1 Å². The van der Waals surface area contributed by atoms with Gasteiger partial charge in [0.2, 0.25) is 0 Å². The first-order valence-electron chi connectivity index (χ1n) is 25.9. The smallest absolute Gasteiger partial charge is 0.0548 e. The van der Waals surface area contributed by atoms with Gasteiger partial charge in [-0.05, 0) is 169 Å². The van der Waals surface area contributed by atoms with Crippen LogP contribution in [0.2, 0.25) is 0 Å². The summed E-state index contributed by atoms with van der Waals surface area (Å²) in [6.07, 6.45) is 3.29. The van der Waals surface area contributed by atoms with Gasteiger partial charge in [0.25, 0.3) is 0 Å². The summed E-state index contributed by atoms with van der Waals surface area (Å²) in [5.41, 5.74) is 22.9. The minimum absolute atomic E-state index is 1.06. The average molecular weight is 950 g/mol. The van der Waals surface area contributed by atoms with Crippen LogP contribution in [0.1, 0.15) is 28.7 Å². The van der Waals surface area contributed by atoms with Crippen LogP contribution in [-0.2, 0) is 12.8 Å². The van der Waals surface area contributed by atoms with Crippen molar-refractivity contribution in [1.82, 2.24) is 9.13 Å². The standard InChI is InChI=1S/C71H55N3/c1-49-21-25-51(26-22-49)13-12-14-52-27-29-56(30-28-52)58-35-43-64-66-47-71-67(48-70(66)74(69(64)46-58)60-19-10-5-11-20-60)65-45-57(53-15-6-3-7-16-53)36-44-68(65)73(71)63-41-33-55(34-42-63)54-31-39-62(40-32-54)72(59-17-8-4-9-18-59)61-37-23-50(2)24-38-61/h3-11,15-48H,12-14H2,1-2H3. The van der Waals surface area contributed by atoms with E-state index in [2.05, 4.69) is 289 Å². The van der Waals surface area contributed by atoms with Crippen LogP contribution >= 0.6 is 0 Å². The van der Waals surface area contributed by atoms with Crippen molar-refractivity contribution in [2.24, 2.45) is 0 Å². The van der Waals surface area contributed by atoms with Crippen molar-refractivity contribution in [2.75, 3.05) is 4.90 Å². The van der Waals surface area contributed by atoms with Crippen LogP contribution in [0, 0.1) is 13.8 Å². The van der Waals surface area contributed by atoms with Crippen molar-refractivity contribution in [2.45, 2.75) is 33.1 Å². The predicted molar refractivity (Wildman–Crippen MR) is 314 cm³/mol. The molecule has 0 radical (unpaired) electrons. The molecule has 0 atom stereocenters. The summed E-state index contributed by atoms with van der Waals surface area (Å²) >= 11 is 0. The topological polar surface area (TPSA) is 13.1 Å². The summed E-state index contributed by atoms with van der Waals surface area (Å²) in [6, 6.07) is 96.2. The Bertz CT molecular complexity index is 4100. The molecule has 0 saturated carbocycles. The van der Waals surface area contributed by atoms with Gasteiger partial charge >= 0.3 is 0 Å². The third kappa shape index (κ3) is 8.42. The first-order chi connectivity index (χ1) is 36.5. The molecule has 0 N–H and O–H groups in total. The first-order valence-corrected chi connectivity index (χ1v) is 25.9. The largest absolute Gasteiger partial charge is 0.311 e. The molecule has 0 spiro atoms. The Morgan fingerprint density at radius 1 is 0.284 bits per heavy atom. The Kier molecular flexibility index (Phi) is 11.5. The zero-order valence-corrected chi connectivity index (χ0v) is 41.8. The molecule has 11 aromatic carbocycles. The van der Waals surface area contributed by atoms with E-state index in [-0.39, 0.29) is 0 Å². The molecule has 0 fully saturated rings. The number of aromatic nitrogens is 2. The molecule has 0 saturated heterocycles. The van der Waals surface area contributed by atoms with Crippen LogP contribution in [-0.4, -0.2) is 9.13 Å². The molecule has 0 amide bonds. The lowest BCUT2D eigenvalue weighted by atomic mass is 9.99. The maximum Gasteiger partial charge on any atom is 0.0548 e. The number of hydrogen-bond acceptors (Lipinski definition) is 1. The monoisotopic (exact) mass is 949 g/mol. The second-order valence-electron chi connectivity index (χ2n) is 19.9. The van der Waals surface area contributed by atoms with Gasteiger partial charge in [0.05, 0.1) is 22.1 Å². The minimum Gasteiger partial charge on any atom is -0.311 e. The second-order valence-corrected chi connectivity index (χ2v) is 19.9. The number of aryl methyl sites for hydroxylation is 4. The van der Waals surface area contributed by atoms with Gasteiger partial charge in [0.15, 0.2) is 0 Å². The van der Waals surface area contributed by atoms with Gasteiger partial charge in [-0.2, -0.15) is 0 Å². The number of nitrogens with zero attached hydrogens (tertiary/aromatic N) is 3. The van der Waals surface area contributed by atoms with E-state index in [1.165, 1.54) is 99.2 Å². The molecule has 2 aromatic heterocycles. The average Bonchev–Trinajstić information content (AvgIpc) is 4.00. The van der Waals surface area contributed by atoms with E-state index >= 15 is 0 Å². The molecule has 3 heteroatoms. The molecule has 3 nitrogen and oxygen atoms in total. The zero-order chi connectivity index (χ0) is 49.5. The van der Waals surface area contributed by atoms with Crippen molar-refractivity contribution in [1.29, 1.82) is 0 Å². The fourth-order valence-electron chi connectivity index (χ4n) is 11.1. The molecule has 0 aliphatic carbocycles. The Balaban J connectivity index is 0.900. The van der Waals surface area contributed by atoms with Gasteiger partial charge < -0.3 is 14.0 Å². The molecule has 74 heavy (non-hydrogen) atoms. The fourth-order valence-corrected chi connectivity index (χ4v) is 11.1. The van der Waals surface area contributed by atoms with E-state index in [1.807, 2.05) is 0 Å². The van der Waals surface area contributed by atoms with Gasteiger partial charge in [0, 0.05) is 50.0 Å². The van der Waals surface area contributed by atoms with E-state index in [4.69, 9.17) is 0 Å². The molecule has 0 bridgehead atoms. The van der Waals surface area contributed by atoms with Gasteiger partial charge in [0.1, 0.15) is 0 Å². The second kappa shape index (κ2) is 19.1. The van der Waals surface area contributed by atoms with E-state index in [0.29, 0.717) is 0 Å². The lowest BCUT2D eigenvalue weighted by Crippen LogP contribution is -2.09. The number of hydrogen-bond donors (Lipinski definition) is 0. The summed E-state index contributed by atoms with van der Waals surface area (Å²) in [5.74, 6) is 0. The van der Waals surface area contributed by atoms with Crippen LogP contribution < -0.4 is 4.90 Å². The van der Waals surface area contributed by atoms with Crippen molar-refractivity contribution in [3.05, 3.63) is 283 Å². The zero-order valence-electron chi connectivity index (χ0n) is 41.8. The highest BCUT2D eigenvalue weighted by atomic mass is 15.1. The number of benzene rings is 11. The number of anilines is 3. The van der Waals surface area contributed by atoms with Gasteiger partial charge in [-0.15, -0.1) is 0 Å². The highest BCUT2D eigenvalue weighted by Crippen LogP contribution is 2.43. The summed E-state index contributed by atoms with van der Waals surface area (Å²) in [4.78, 5) is 2.32.